The number of hydrogen-bond donors (Lipinski definition) is 1. The quantitative estimate of drug-likeness (QED) is 0.603. The number of thioether (sulfide) groups is 1. The zero-order valence-electron chi connectivity index (χ0n) is 11.9. The van der Waals surface area contributed by atoms with Crippen molar-refractivity contribution in [1.82, 2.24) is 5.32 Å². The Morgan fingerprint density at radius 2 is 2.06 bits per heavy atom. The molecule has 0 rings (SSSR count). The van der Waals surface area contributed by atoms with Crippen molar-refractivity contribution in [2.24, 2.45) is 5.92 Å². The van der Waals surface area contributed by atoms with Crippen LogP contribution in [-0.2, 0) is 0 Å². The molecule has 0 aromatic rings. The first-order valence-corrected chi connectivity index (χ1v) is 7.93. The summed E-state index contributed by atoms with van der Waals surface area (Å²) in [4.78, 5) is 0. The predicted molar refractivity (Wildman–Crippen MR) is 78.3 cm³/mol. The fourth-order valence-corrected chi connectivity index (χ4v) is 2.63. The Morgan fingerprint density at radius 1 is 1.35 bits per heavy atom. The fourth-order valence-electron chi connectivity index (χ4n) is 1.59. The maximum Gasteiger partial charge on any atom is 0.103 e. The second-order valence-corrected chi connectivity index (χ2v) is 6.45. The van der Waals surface area contributed by atoms with E-state index in [1.165, 1.54) is 17.9 Å². The third-order valence-electron chi connectivity index (χ3n) is 2.68. The lowest BCUT2D eigenvalue weighted by atomic mass is 9.96. The zero-order valence-corrected chi connectivity index (χ0v) is 12.7. The highest BCUT2D eigenvalue weighted by Gasteiger charge is 2.21. The van der Waals surface area contributed by atoms with Crippen LogP contribution in [0.1, 0.15) is 53.4 Å². The fraction of sp³-hybridized carbons (Fsp3) is 0.929. The molecule has 1 atom stereocenters. The Kier molecular flexibility index (Phi) is 9.68. The Hall–Kier alpha value is -0.200. The lowest BCUT2D eigenvalue weighted by Crippen LogP contribution is -2.41. The molecule has 0 bridgehead atoms. The second kappa shape index (κ2) is 9.79. The van der Waals surface area contributed by atoms with Crippen LogP contribution in [0.3, 0.4) is 0 Å². The van der Waals surface area contributed by atoms with Crippen LogP contribution in [0.4, 0.5) is 0 Å². The van der Waals surface area contributed by atoms with E-state index in [1.807, 2.05) is 18.7 Å². The van der Waals surface area contributed by atoms with Gasteiger partial charge in [-0.1, -0.05) is 20.8 Å². The van der Waals surface area contributed by atoms with Crippen LogP contribution in [0.5, 0.6) is 0 Å². The molecular formula is C14H28N2S. The molecule has 100 valence electrons. The van der Waals surface area contributed by atoms with Crippen LogP contribution in [0, 0.1) is 17.2 Å². The lowest BCUT2D eigenvalue weighted by molar-refractivity contribution is 0.406. The summed E-state index contributed by atoms with van der Waals surface area (Å²) in [7, 11) is 0. The molecule has 0 fully saturated rings. The lowest BCUT2D eigenvalue weighted by Gasteiger charge is -2.22. The molecule has 0 saturated heterocycles. The van der Waals surface area contributed by atoms with Gasteiger partial charge in [0.15, 0.2) is 0 Å². The van der Waals surface area contributed by atoms with Crippen molar-refractivity contribution in [2.75, 3.05) is 18.1 Å². The van der Waals surface area contributed by atoms with Gasteiger partial charge in [-0.15, -0.1) is 0 Å². The Morgan fingerprint density at radius 3 is 2.59 bits per heavy atom. The number of nitrogens with zero attached hydrogens (tertiary/aromatic N) is 1. The molecule has 0 aliphatic rings. The summed E-state index contributed by atoms with van der Waals surface area (Å²) in [6, 6.07) is 2.40. The maximum absolute atomic E-state index is 9.17. The summed E-state index contributed by atoms with van der Waals surface area (Å²) in [5.41, 5.74) is -0.321. The molecule has 2 nitrogen and oxygen atoms in total. The molecule has 3 heteroatoms. The molecule has 0 spiro atoms. The Bertz CT molecular complexity index is 223. The summed E-state index contributed by atoms with van der Waals surface area (Å²) >= 11 is 2.03. The largest absolute Gasteiger partial charge is 0.300 e. The topological polar surface area (TPSA) is 35.8 Å². The third kappa shape index (κ3) is 9.50. The predicted octanol–water partition coefficient (Wildman–Crippen LogP) is 3.83. The Balaban J connectivity index is 3.60. The smallest absolute Gasteiger partial charge is 0.103 e. The summed E-state index contributed by atoms with van der Waals surface area (Å²) in [5, 5.41) is 12.5. The van der Waals surface area contributed by atoms with Crippen LogP contribution >= 0.6 is 11.8 Å². The van der Waals surface area contributed by atoms with Gasteiger partial charge in [0.1, 0.15) is 5.54 Å². The average molecular weight is 256 g/mol. The first kappa shape index (κ1) is 16.8. The van der Waals surface area contributed by atoms with Crippen molar-refractivity contribution < 1.29 is 0 Å². The number of nitrogens with one attached hydrogen (secondary N) is 1. The van der Waals surface area contributed by atoms with E-state index in [-0.39, 0.29) is 5.54 Å². The molecule has 0 amide bonds. The minimum absolute atomic E-state index is 0.321. The molecule has 1 unspecified atom stereocenters. The van der Waals surface area contributed by atoms with Crippen LogP contribution in [0.2, 0.25) is 0 Å². The molecule has 1 N–H and O–H groups in total. The number of unbranched alkanes of at least 4 members (excludes halogenated alkanes) is 1. The van der Waals surface area contributed by atoms with Gasteiger partial charge in [-0.2, -0.15) is 17.0 Å². The van der Waals surface area contributed by atoms with Crippen molar-refractivity contribution in [3.63, 3.8) is 0 Å². The highest BCUT2D eigenvalue weighted by molar-refractivity contribution is 7.99. The minimum Gasteiger partial charge on any atom is -0.300 e. The summed E-state index contributed by atoms with van der Waals surface area (Å²) in [6.45, 7) is 9.60. The van der Waals surface area contributed by atoms with E-state index >= 15 is 0 Å². The van der Waals surface area contributed by atoms with Crippen LogP contribution in [0.25, 0.3) is 0 Å². The van der Waals surface area contributed by atoms with Gasteiger partial charge in [-0.25, -0.2) is 0 Å². The van der Waals surface area contributed by atoms with Gasteiger partial charge in [0, 0.05) is 0 Å². The molecule has 0 aromatic heterocycles. The number of nitriles is 1. The van der Waals surface area contributed by atoms with Crippen molar-refractivity contribution in [3.8, 4) is 6.07 Å². The highest BCUT2D eigenvalue weighted by Crippen LogP contribution is 2.16. The number of hydrogen-bond acceptors (Lipinski definition) is 3. The van der Waals surface area contributed by atoms with E-state index in [4.69, 9.17) is 5.26 Å². The highest BCUT2D eigenvalue weighted by atomic mass is 32.2. The molecular weight excluding hydrogens is 228 g/mol. The van der Waals surface area contributed by atoms with E-state index in [9.17, 15) is 0 Å². The second-order valence-electron chi connectivity index (χ2n) is 5.30. The van der Waals surface area contributed by atoms with E-state index in [1.54, 1.807) is 0 Å². The maximum atomic E-state index is 9.17. The monoisotopic (exact) mass is 256 g/mol. The first-order valence-electron chi connectivity index (χ1n) is 6.78. The van der Waals surface area contributed by atoms with Crippen molar-refractivity contribution in [3.05, 3.63) is 0 Å². The van der Waals surface area contributed by atoms with Gasteiger partial charge in [0.2, 0.25) is 0 Å². The van der Waals surface area contributed by atoms with Crippen LogP contribution in [-0.4, -0.2) is 23.6 Å². The van der Waals surface area contributed by atoms with Crippen molar-refractivity contribution in [1.29, 1.82) is 5.26 Å². The van der Waals surface area contributed by atoms with Gasteiger partial charge < -0.3 is 0 Å². The Labute approximate surface area is 112 Å². The van der Waals surface area contributed by atoms with E-state index in [2.05, 4.69) is 32.2 Å². The molecule has 17 heavy (non-hydrogen) atoms. The van der Waals surface area contributed by atoms with E-state index in [0.29, 0.717) is 0 Å². The van der Waals surface area contributed by atoms with Gasteiger partial charge in [0.05, 0.1) is 6.07 Å². The van der Waals surface area contributed by atoms with Gasteiger partial charge in [-0.05, 0) is 56.6 Å². The standard InChI is InChI=1S/C14H28N2S/c1-5-9-16-14(4,12-15)8-6-7-10-17-11-13(2)3/h13,16H,5-11H2,1-4H3. The van der Waals surface area contributed by atoms with Crippen LogP contribution in [0.15, 0.2) is 0 Å². The normalized spacial score (nSPS) is 14.6. The van der Waals surface area contributed by atoms with E-state index < -0.39 is 0 Å². The molecule has 0 heterocycles. The van der Waals surface area contributed by atoms with Crippen LogP contribution < -0.4 is 5.32 Å². The summed E-state index contributed by atoms with van der Waals surface area (Å²) in [5.74, 6) is 3.27. The van der Waals surface area contributed by atoms with Gasteiger partial charge >= 0.3 is 0 Å². The summed E-state index contributed by atoms with van der Waals surface area (Å²) < 4.78 is 0. The van der Waals surface area contributed by atoms with Crippen molar-refractivity contribution in [2.45, 2.75) is 58.9 Å². The zero-order chi connectivity index (χ0) is 13.1. The molecule has 0 aliphatic carbocycles. The molecule has 0 radical (unpaired) electrons. The SMILES string of the molecule is CCCNC(C)(C#N)CCCCSCC(C)C. The number of rotatable bonds is 10. The molecule has 0 aliphatic heterocycles. The van der Waals surface area contributed by atoms with Gasteiger partial charge in [-0.3, -0.25) is 5.32 Å². The third-order valence-corrected chi connectivity index (χ3v) is 4.16. The summed E-state index contributed by atoms with van der Waals surface area (Å²) in [6.07, 6.45) is 4.42. The molecule has 0 saturated carbocycles. The average Bonchev–Trinajstić information content (AvgIpc) is 2.30. The molecule has 0 aromatic carbocycles. The van der Waals surface area contributed by atoms with E-state index in [0.717, 1.165) is 31.7 Å². The first-order chi connectivity index (χ1) is 8.04. The van der Waals surface area contributed by atoms with Crippen molar-refractivity contribution >= 4 is 11.8 Å². The van der Waals surface area contributed by atoms with Gasteiger partial charge in [0.25, 0.3) is 0 Å². The minimum atomic E-state index is -0.321.